The molecule has 298 valence electrons. The molecule has 8 heterocycles. The van der Waals surface area contributed by atoms with Gasteiger partial charge in [0, 0.05) is 75.5 Å². The lowest BCUT2D eigenvalue weighted by molar-refractivity contribution is 0.464. The Hall–Kier alpha value is -5.85. The fourth-order valence-electron chi connectivity index (χ4n) is 11.4. The van der Waals surface area contributed by atoms with E-state index in [1.807, 2.05) is 22.7 Å². The van der Waals surface area contributed by atoms with Gasteiger partial charge in [-0.05, 0) is 131 Å². The summed E-state index contributed by atoms with van der Waals surface area (Å²) >= 11 is 7.24. The summed E-state index contributed by atoms with van der Waals surface area (Å²) < 4.78 is 28.6. The maximum absolute atomic E-state index is 7.09. The van der Waals surface area contributed by atoms with Gasteiger partial charge < -0.3 is 24.8 Å². The van der Waals surface area contributed by atoms with Crippen LogP contribution in [0.3, 0.4) is 0 Å². The second-order valence-corrected chi connectivity index (χ2v) is 21.2. The quantitative estimate of drug-likeness (QED) is 0.103. The van der Waals surface area contributed by atoms with E-state index in [0.29, 0.717) is 0 Å². The second kappa shape index (κ2) is 12.4. The summed E-state index contributed by atoms with van der Waals surface area (Å²) in [6.45, 7) is 4.23. The van der Waals surface area contributed by atoms with Gasteiger partial charge in [0.1, 0.15) is 34.5 Å². The SMILES string of the molecule is CSc1cc2c3c(c1)N(SC)c1cc4c(cc1B3c1sc3ccccc3c1O2)B1c2cc3c(cc2Oc2cc(C)cc(c21)O4)Nc1cc(C)cc2c1B3c1sc3ccccc3c1N2. The lowest BCUT2D eigenvalue weighted by Gasteiger charge is -2.40. The predicted octanol–water partition coefficient (Wildman–Crippen LogP) is 8.16. The third-order valence-electron chi connectivity index (χ3n) is 13.9. The van der Waals surface area contributed by atoms with Crippen LogP contribution in [-0.4, -0.2) is 32.6 Å². The van der Waals surface area contributed by atoms with Gasteiger partial charge in [0.05, 0.1) is 17.1 Å². The molecule has 63 heavy (non-hydrogen) atoms. The Bertz CT molecular complexity index is 3630. The average Bonchev–Trinajstić information content (AvgIpc) is 3.85. The first-order valence-electron chi connectivity index (χ1n) is 21.2. The molecule has 0 saturated heterocycles. The van der Waals surface area contributed by atoms with Crippen molar-refractivity contribution in [2.45, 2.75) is 18.7 Å². The van der Waals surface area contributed by atoms with E-state index in [1.54, 1.807) is 23.7 Å². The molecule has 0 fully saturated rings. The monoisotopic (exact) mass is 883 g/mol. The first-order valence-corrected chi connectivity index (χ1v) is 25.3. The molecule has 0 atom stereocenters. The molecule has 15 rings (SSSR count). The van der Waals surface area contributed by atoms with Gasteiger partial charge in [-0.1, -0.05) is 42.5 Å². The Labute approximate surface area is 381 Å². The molecule has 0 spiro atoms. The van der Waals surface area contributed by atoms with Gasteiger partial charge in [-0.3, -0.25) is 4.31 Å². The van der Waals surface area contributed by atoms with Crippen LogP contribution in [0.25, 0.3) is 20.2 Å². The van der Waals surface area contributed by atoms with Crippen molar-refractivity contribution in [3.63, 3.8) is 0 Å². The van der Waals surface area contributed by atoms with Crippen LogP contribution in [0, 0.1) is 13.8 Å². The van der Waals surface area contributed by atoms with Crippen LogP contribution in [0.5, 0.6) is 34.5 Å². The molecule has 7 aromatic carbocycles. The first-order chi connectivity index (χ1) is 30.9. The molecule has 6 aliphatic rings. The lowest BCUT2D eigenvalue weighted by atomic mass is 9.31. The van der Waals surface area contributed by atoms with Crippen LogP contribution >= 0.6 is 46.4 Å². The number of nitrogens with zero attached hydrogens (tertiary/aromatic N) is 1. The minimum absolute atomic E-state index is 0.0128. The largest absolute Gasteiger partial charge is 0.458 e. The highest BCUT2D eigenvalue weighted by Crippen LogP contribution is 2.47. The number of thioether (sulfide) groups is 1. The molecule has 2 aromatic heterocycles. The topological polar surface area (TPSA) is 55.0 Å². The van der Waals surface area contributed by atoms with Crippen molar-refractivity contribution >= 4 is 169 Å². The molecule has 0 aliphatic carbocycles. The number of hydrogen-bond acceptors (Lipinski definition) is 10. The van der Waals surface area contributed by atoms with Gasteiger partial charge in [-0.15, -0.1) is 34.4 Å². The number of benzene rings is 7. The van der Waals surface area contributed by atoms with Gasteiger partial charge in [0.2, 0.25) is 0 Å². The molecule has 9 aromatic rings. The van der Waals surface area contributed by atoms with Crippen molar-refractivity contribution < 1.29 is 14.2 Å². The van der Waals surface area contributed by atoms with Crippen LogP contribution in [-0.2, 0) is 0 Å². The van der Waals surface area contributed by atoms with E-state index < -0.39 is 0 Å². The Morgan fingerprint density at radius 1 is 0.524 bits per heavy atom. The van der Waals surface area contributed by atoms with Gasteiger partial charge in [-0.2, -0.15) is 0 Å². The fraction of sp³-hybridized carbons (Fsp3) is 0.0800. The van der Waals surface area contributed by atoms with E-state index in [2.05, 4.69) is 150 Å². The Balaban J connectivity index is 0.984. The van der Waals surface area contributed by atoms with Crippen LogP contribution in [0.15, 0.2) is 114 Å². The Morgan fingerprint density at radius 2 is 1.17 bits per heavy atom. The van der Waals surface area contributed by atoms with E-state index >= 15 is 0 Å². The first kappa shape index (κ1) is 35.6. The molecular weight excluding hydrogens is 851 g/mol. The zero-order chi connectivity index (χ0) is 41.6. The van der Waals surface area contributed by atoms with Crippen molar-refractivity contribution in [1.82, 2.24) is 0 Å². The molecular formula is C50H32B3N3O3S4. The molecule has 0 bridgehead atoms. The normalized spacial score (nSPS) is 14.7. The lowest BCUT2D eigenvalue weighted by Crippen LogP contribution is -2.63. The number of ether oxygens (including phenoxy) is 3. The van der Waals surface area contributed by atoms with Crippen molar-refractivity contribution in [2.75, 3.05) is 27.5 Å². The zero-order valence-electron chi connectivity index (χ0n) is 34.4. The summed E-state index contributed by atoms with van der Waals surface area (Å²) in [6, 6.07) is 40.5. The van der Waals surface area contributed by atoms with Crippen molar-refractivity contribution in [3.05, 3.63) is 120 Å². The Kier molecular flexibility index (Phi) is 7.03. The number of fused-ring (bicyclic) bond motifs is 16. The highest BCUT2D eigenvalue weighted by molar-refractivity contribution is 8.00. The van der Waals surface area contributed by atoms with E-state index in [9.17, 15) is 0 Å². The van der Waals surface area contributed by atoms with Crippen LogP contribution in [0.1, 0.15) is 11.1 Å². The van der Waals surface area contributed by atoms with E-state index in [4.69, 9.17) is 14.2 Å². The highest BCUT2D eigenvalue weighted by Gasteiger charge is 2.48. The number of nitrogens with one attached hydrogen (secondary N) is 2. The molecule has 0 saturated carbocycles. The summed E-state index contributed by atoms with van der Waals surface area (Å²) in [5.74, 6) is 5.39. The molecule has 2 N–H and O–H groups in total. The summed E-state index contributed by atoms with van der Waals surface area (Å²) in [4.78, 5) is 1.18. The standard InChI is InChI=1S/C50H32B3N3O3S4/c1-23-13-33-44-34(14-23)55-47-26-9-5-7-11-42(26)62-49(47)52(44)28-19-30-37(21-32(28)54-33)57-39-15-24(2)16-40-46(39)51(30)31-20-29-35(22-38(31)58-40)56(61-4)36-17-25(60-3)18-41-45(36)53(29)50-48(59-41)27-10-6-8-12-43(27)63-50/h5-22,54-55H,1-4H3. The Morgan fingerprint density at radius 3 is 1.95 bits per heavy atom. The molecule has 0 radical (unpaired) electrons. The van der Waals surface area contributed by atoms with Crippen molar-refractivity contribution in [3.8, 4) is 34.5 Å². The fourth-order valence-corrected chi connectivity index (χ4v) is 15.1. The number of aryl methyl sites for hydroxylation is 2. The smallest absolute Gasteiger partial charge is 0.268 e. The highest BCUT2D eigenvalue weighted by atomic mass is 32.2. The summed E-state index contributed by atoms with van der Waals surface area (Å²) in [6.07, 6.45) is 4.31. The van der Waals surface area contributed by atoms with Crippen molar-refractivity contribution in [2.24, 2.45) is 0 Å². The molecule has 6 nitrogen and oxygen atoms in total. The molecule has 13 heteroatoms. The van der Waals surface area contributed by atoms with Crippen LogP contribution in [0.2, 0.25) is 0 Å². The minimum atomic E-state index is -0.120. The average molecular weight is 884 g/mol. The summed E-state index contributed by atoms with van der Waals surface area (Å²) in [7, 11) is 0. The molecule has 6 aliphatic heterocycles. The van der Waals surface area contributed by atoms with Crippen LogP contribution in [0.4, 0.5) is 34.1 Å². The van der Waals surface area contributed by atoms with Crippen molar-refractivity contribution in [1.29, 1.82) is 0 Å². The number of thiophene rings is 2. The third kappa shape index (κ3) is 4.65. The zero-order valence-corrected chi connectivity index (χ0v) is 37.7. The van der Waals surface area contributed by atoms with E-state index in [1.165, 1.54) is 79.1 Å². The number of rotatable bonds is 2. The third-order valence-corrected chi connectivity index (χ3v) is 17.8. The second-order valence-electron chi connectivity index (χ2n) is 17.4. The molecule has 0 amide bonds. The maximum atomic E-state index is 7.09. The predicted molar refractivity (Wildman–Crippen MR) is 274 cm³/mol. The van der Waals surface area contributed by atoms with Crippen LogP contribution < -0.4 is 76.9 Å². The van der Waals surface area contributed by atoms with Gasteiger partial charge in [0.15, 0.2) is 0 Å². The van der Waals surface area contributed by atoms with Gasteiger partial charge >= 0.3 is 0 Å². The van der Waals surface area contributed by atoms with E-state index in [-0.39, 0.29) is 20.1 Å². The van der Waals surface area contributed by atoms with Gasteiger partial charge in [0.25, 0.3) is 20.1 Å². The van der Waals surface area contributed by atoms with Gasteiger partial charge in [-0.25, -0.2) is 0 Å². The number of hydrogen-bond donors (Lipinski definition) is 2. The summed E-state index contributed by atoms with van der Waals surface area (Å²) in [5.41, 5.74) is 17.7. The maximum Gasteiger partial charge on any atom is 0.268 e. The minimum Gasteiger partial charge on any atom is -0.458 e. The molecule has 0 unspecified atom stereocenters. The number of anilines is 6. The summed E-state index contributed by atoms with van der Waals surface area (Å²) in [5, 5.41) is 10.2. The van der Waals surface area contributed by atoms with E-state index in [0.717, 1.165) is 73.5 Å².